The number of hydrogen-bond acceptors (Lipinski definition) is 1. The lowest BCUT2D eigenvalue weighted by Crippen LogP contribution is -2.08. The molecular formula is C16H21N. The molecule has 0 saturated carbocycles. The molecule has 0 amide bonds. The van der Waals surface area contributed by atoms with E-state index in [0.717, 1.165) is 12.1 Å². The Bertz CT molecular complexity index is 426. The quantitative estimate of drug-likeness (QED) is 0.537. The van der Waals surface area contributed by atoms with Gasteiger partial charge in [0.1, 0.15) is 0 Å². The number of hydrogen-bond donors (Lipinski definition) is 0. The zero-order valence-electron chi connectivity index (χ0n) is 11.2. The maximum atomic E-state index is 4.21. The topological polar surface area (TPSA) is 12.4 Å². The van der Waals surface area contributed by atoms with Crippen LogP contribution in [0.15, 0.2) is 47.0 Å². The Labute approximate surface area is 105 Å². The highest BCUT2D eigenvalue weighted by Gasteiger charge is 2.14. The molecule has 1 rings (SSSR count). The minimum absolute atomic E-state index is 0.0734. The van der Waals surface area contributed by atoms with Crippen molar-refractivity contribution in [3.05, 3.63) is 47.5 Å². The minimum Gasteiger partial charge on any atom is -0.243 e. The maximum Gasteiger partial charge on any atom is 0.0455 e. The van der Waals surface area contributed by atoms with Gasteiger partial charge in [0.25, 0.3) is 0 Å². The van der Waals surface area contributed by atoms with Crippen LogP contribution >= 0.6 is 0 Å². The monoisotopic (exact) mass is 227 g/mol. The van der Waals surface area contributed by atoms with Crippen LogP contribution in [0.2, 0.25) is 0 Å². The van der Waals surface area contributed by atoms with Gasteiger partial charge in [-0.25, -0.2) is 4.99 Å². The van der Waals surface area contributed by atoms with E-state index in [9.17, 15) is 0 Å². The van der Waals surface area contributed by atoms with Gasteiger partial charge < -0.3 is 0 Å². The molecule has 0 radical (unpaired) electrons. The molecule has 0 N–H and O–H groups in total. The highest BCUT2D eigenvalue weighted by molar-refractivity contribution is 5.68. The van der Waals surface area contributed by atoms with Crippen molar-refractivity contribution in [3.8, 4) is 0 Å². The molecule has 0 aliphatic heterocycles. The van der Waals surface area contributed by atoms with Gasteiger partial charge in [0.05, 0.1) is 0 Å². The SMILES string of the molecule is CCN=C=C(/C=C/c1ccccc1)C(C)(C)C. The molecule has 0 aromatic heterocycles. The molecule has 90 valence electrons. The number of aliphatic imine (C=N–C) groups is 1. The van der Waals surface area contributed by atoms with E-state index in [0.29, 0.717) is 0 Å². The summed E-state index contributed by atoms with van der Waals surface area (Å²) in [6.45, 7) is 9.33. The molecule has 0 unspecified atom stereocenters. The highest BCUT2D eigenvalue weighted by Crippen LogP contribution is 2.24. The van der Waals surface area contributed by atoms with E-state index in [2.05, 4.69) is 55.9 Å². The van der Waals surface area contributed by atoms with Crippen molar-refractivity contribution in [3.63, 3.8) is 0 Å². The van der Waals surface area contributed by atoms with Crippen LogP contribution in [0.4, 0.5) is 0 Å². The Hall–Kier alpha value is -1.59. The average molecular weight is 227 g/mol. The fraction of sp³-hybridized carbons (Fsp3) is 0.375. The number of nitrogens with zero attached hydrogens (tertiary/aromatic N) is 1. The molecule has 0 bridgehead atoms. The normalized spacial score (nSPS) is 11.3. The Morgan fingerprint density at radius 2 is 1.88 bits per heavy atom. The van der Waals surface area contributed by atoms with Crippen molar-refractivity contribution in [1.82, 2.24) is 0 Å². The van der Waals surface area contributed by atoms with Gasteiger partial charge in [0.2, 0.25) is 0 Å². The fourth-order valence-corrected chi connectivity index (χ4v) is 1.36. The second-order valence-electron chi connectivity index (χ2n) is 4.99. The summed E-state index contributed by atoms with van der Waals surface area (Å²) < 4.78 is 0. The first-order chi connectivity index (χ1) is 8.04. The minimum atomic E-state index is 0.0734. The molecule has 0 heterocycles. The van der Waals surface area contributed by atoms with Crippen molar-refractivity contribution >= 4 is 11.9 Å². The molecule has 0 fully saturated rings. The van der Waals surface area contributed by atoms with Crippen LogP contribution in [0.1, 0.15) is 33.3 Å². The molecule has 0 spiro atoms. The maximum absolute atomic E-state index is 4.21. The number of benzene rings is 1. The van der Waals surface area contributed by atoms with Crippen LogP contribution in [-0.4, -0.2) is 12.4 Å². The highest BCUT2D eigenvalue weighted by atomic mass is 14.7. The summed E-state index contributed by atoms with van der Waals surface area (Å²) in [4.78, 5) is 4.21. The third kappa shape index (κ3) is 4.84. The largest absolute Gasteiger partial charge is 0.243 e. The van der Waals surface area contributed by atoms with Gasteiger partial charge in [-0.05, 0) is 29.8 Å². The lowest BCUT2D eigenvalue weighted by atomic mass is 9.87. The van der Waals surface area contributed by atoms with Crippen molar-refractivity contribution in [2.75, 3.05) is 6.54 Å². The molecule has 0 aliphatic carbocycles. The van der Waals surface area contributed by atoms with E-state index >= 15 is 0 Å². The molecule has 17 heavy (non-hydrogen) atoms. The summed E-state index contributed by atoms with van der Waals surface area (Å²) in [6.07, 6.45) is 4.22. The van der Waals surface area contributed by atoms with Crippen LogP contribution in [0.3, 0.4) is 0 Å². The number of allylic oxidation sites excluding steroid dienone is 2. The molecule has 1 aromatic carbocycles. The lowest BCUT2D eigenvalue weighted by molar-refractivity contribution is 0.523. The standard InChI is InChI=1S/C16H21N/c1-5-17-13-15(16(2,3)4)12-11-14-9-7-6-8-10-14/h6-12H,5H2,1-4H3/b12-11+. The molecule has 0 aliphatic rings. The summed E-state index contributed by atoms with van der Waals surface area (Å²) in [7, 11) is 0. The first-order valence-electron chi connectivity index (χ1n) is 6.07. The zero-order valence-corrected chi connectivity index (χ0v) is 11.2. The summed E-state index contributed by atoms with van der Waals surface area (Å²) in [5, 5.41) is 0. The van der Waals surface area contributed by atoms with Crippen molar-refractivity contribution < 1.29 is 0 Å². The van der Waals surface area contributed by atoms with Gasteiger partial charge in [-0.15, -0.1) is 0 Å². The van der Waals surface area contributed by atoms with Gasteiger partial charge in [0, 0.05) is 12.1 Å². The molecule has 1 aromatic rings. The summed E-state index contributed by atoms with van der Waals surface area (Å²) in [5.41, 5.74) is 2.40. The smallest absolute Gasteiger partial charge is 0.0455 e. The predicted molar refractivity (Wildman–Crippen MR) is 76.4 cm³/mol. The van der Waals surface area contributed by atoms with Crippen LogP contribution in [0, 0.1) is 5.41 Å². The van der Waals surface area contributed by atoms with Crippen LogP contribution in [0.25, 0.3) is 6.08 Å². The Balaban J connectivity index is 2.96. The second kappa shape index (κ2) is 6.22. The van der Waals surface area contributed by atoms with Gasteiger partial charge >= 0.3 is 0 Å². The molecule has 1 heteroatoms. The fourth-order valence-electron chi connectivity index (χ4n) is 1.36. The average Bonchev–Trinajstić information content (AvgIpc) is 2.29. The number of rotatable bonds is 3. The first kappa shape index (κ1) is 13.5. The van der Waals surface area contributed by atoms with E-state index in [1.54, 1.807) is 0 Å². The molecule has 0 saturated heterocycles. The predicted octanol–water partition coefficient (Wildman–Crippen LogP) is 4.36. The van der Waals surface area contributed by atoms with Gasteiger partial charge in [-0.2, -0.15) is 0 Å². The van der Waals surface area contributed by atoms with Gasteiger partial charge in [-0.1, -0.05) is 57.2 Å². The molecular weight excluding hydrogens is 206 g/mol. The van der Waals surface area contributed by atoms with Crippen molar-refractivity contribution in [1.29, 1.82) is 0 Å². The van der Waals surface area contributed by atoms with E-state index in [1.165, 1.54) is 5.56 Å². The molecule has 0 atom stereocenters. The van der Waals surface area contributed by atoms with Crippen LogP contribution in [-0.2, 0) is 0 Å². The van der Waals surface area contributed by atoms with Crippen LogP contribution in [0.5, 0.6) is 0 Å². The van der Waals surface area contributed by atoms with E-state index in [-0.39, 0.29) is 5.41 Å². The van der Waals surface area contributed by atoms with Crippen LogP contribution < -0.4 is 0 Å². The Morgan fingerprint density at radius 1 is 1.24 bits per heavy atom. The molecule has 1 nitrogen and oxygen atoms in total. The lowest BCUT2D eigenvalue weighted by Gasteiger charge is -2.17. The third-order valence-corrected chi connectivity index (χ3v) is 2.41. The summed E-state index contributed by atoms with van der Waals surface area (Å²) in [5.74, 6) is 3.13. The van der Waals surface area contributed by atoms with Crippen molar-refractivity contribution in [2.24, 2.45) is 10.4 Å². The third-order valence-electron chi connectivity index (χ3n) is 2.41. The summed E-state index contributed by atoms with van der Waals surface area (Å²) in [6, 6.07) is 10.3. The summed E-state index contributed by atoms with van der Waals surface area (Å²) >= 11 is 0. The Morgan fingerprint density at radius 3 is 2.41 bits per heavy atom. The zero-order chi connectivity index (χ0) is 12.7. The van der Waals surface area contributed by atoms with Gasteiger partial charge in [0.15, 0.2) is 0 Å². The van der Waals surface area contributed by atoms with Gasteiger partial charge in [-0.3, -0.25) is 0 Å². The van der Waals surface area contributed by atoms with E-state index < -0.39 is 0 Å². The second-order valence-corrected chi connectivity index (χ2v) is 4.99. The van der Waals surface area contributed by atoms with Crippen molar-refractivity contribution in [2.45, 2.75) is 27.7 Å². The van der Waals surface area contributed by atoms with E-state index in [1.807, 2.05) is 25.1 Å². The Kier molecular flexibility index (Phi) is 4.93. The van der Waals surface area contributed by atoms with E-state index in [4.69, 9.17) is 0 Å². The first-order valence-corrected chi connectivity index (χ1v) is 6.07.